The van der Waals surface area contributed by atoms with E-state index in [0.29, 0.717) is 23.5 Å². The van der Waals surface area contributed by atoms with E-state index in [2.05, 4.69) is 27.6 Å². The zero-order chi connectivity index (χ0) is 24.6. The van der Waals surface area contributed by atoms with E-state index in [-0.39, 0.29) is 11.9 Å². The van der Waals surface area contributed by atoms with Crippen molar-refractivity contribution in [2.45, 2.75) is 49.7 Å². The van der Waals surface area contributed by atoms with Crippen LogP contribution in [0.4, 0.5) is 0 Å². The topological polar surface area (TPSA) is 78.3 Å². The molecule has 4 rings (SSSR count). The molecular formula is C27H34N4O3S. The van der Waals surface area contributed by atoms with Crippen LogP contribution in [0.15, 0.2) is 53.7 Å². The van der Waals surface area contributed by atoms with Gasteiger partial charge in [0.2, 0.25) is 0 Å². The van der Waals surface area contributed by atoms with Gasteiger partial charge in [0.15, 0.2) is 22.5 Å². The molecule has 1 fully saturated rings. The Morgan fingerprint density at radius 1 is 1.06 bits per heavy atom. The summed E-state index contributed by atoms with van der Waals surface area (Å²) < 4.78 is 12.7. The first kappa shape index (κ1) is 25.1. The minimum Gasteiger partial charge on any atom is -0.493 e. The van der Waals surface area contributed by atoms with Crippen LogP contribution in [0, 0.1) is 5.92 Å². The van der Waals surface area contributed by atoms with Crippen LogP contribution in [0.2, 0.25) is 0 Å². The summed E-state index contributed by atoms with van der Waals surface area (Å²) in [4.78, 5) is 13.3. The molecule has 0 bridgehead atoms. The predicted molar refractivity (Wildman–Crippen MR) is 138 cm³/mol. The number of carbonyl (C=O) groups is 1. The molecule has 0 spiro atoms. The van der Waals surface area contributed by atoms with Crippen molar-refractivity contribution in [1.82, 2.24) is 20.1 Å². The van der Waals surface area contributed by atoms with Crippen molar-refractivity contribution < 1.29 is 14.3 Å². The van der Waals surface area contributed by atoms with Crippen molar-refractivity contribution in [3.63, 3.8) is 0 Å². The number of aromatic nitrogens is 3. The molecule has 0 saturated heterocycles. The van der Waals surface area contributed by atoms with E-state index in [1.54, 1.807) is 44.2 Å². The molecule has 1 atom stereocenters. The first-order valence-electron chi connectivity index (χ1n) is 12.2. The molecule has 7 nitrogen and oxygen atoms in total. The van der Waals surface area contributed by atoms with Crippen LogP contribution in [0.25, 0.3) is 0 Å². The fourth-order valence-corrected chi connectivity index (χ4v) is 5.68. The molecule has 2 aromatic carbocycles. The van der Waals surface area contributed by atoms with Gasteiger partial charge in [-0.1, -0.05) is 61.4 Å². The molecule has 3 aromatic rings. The number of nitrogens with zero attached hydrogens (tertiary/aromatic N) is 3. The van der Waals surface area contributed by atoms with Crippen molar-refractivity contribution in [1.29, 1.82) is 0 Å². The summed E-state index contributed by atoms with van der Waals surface area (Å²) in [7, 11) is 5.12. The summed E-state index contributed by atoms with van der Waals surface area (Å²) in [6.07, 6.45) is 7.23. The molecule has 1 amide bonds. The number of methoxy groups -OCH3 is 2. The lowest BCUT2D eigenvalue weighted by molar-refractivity contribution is 0.0933. The van der Waals surface area contributed by atoms with Crippen molar-refractivity contribution in [2.24, 2.45) is 13.0 Å². The average molecular weight is 495 g/mol. The highest BCUT2D eigenvalue weighted by molar-refractivity contribution is 7.99. The van der Waals surface area contributed by atoms with Gasteiger partial charge >= 0.3 is 0 Å². The molecule has 0 radical (unpaired) electrons. The van der Waals surface area contributed by atoms with Crippen molar-refractivity contribution in [2.75, 3.05) is 20.0 Å². The summed E-state index contributed by atoms with van der Waals surface area (Å²) in [6.45, 7) is 0. The predicted octanol–water partition coefficient (Wildman–Crippen LogP) is 5.22. The lowest BCUT2D eigenvalue weighted by Crippen LogP contribution is -2.32. The molecule has 8 heteroatoms. The zero-order valence-electron chi connectivity index (χ0n) is 20.7. The van der Waals surface area contributed by atoms with Crippen LogP contribution in [0.1, 0.15) is 59.9 Å². The van der Waals surface area contributed by atoms with Crippen LogP contribution in [-0.2, 0) is 13.5 Å². The number of ether oxygens (including phenoxy) is 2. The van der Waals surface area contributed by atoms with Crippen molar-refractivity contribution in [3.05, 3.63) is 65.5 Å². The van der Waals surface area contributed by atoms with Gasteiger partial charge < -0.3 is 19.4 Å². The summed E-state index contributed by atoms with van der Waals surface area (Å²) in [5.74, 6) is 3.45. The lowest BCUT2D eigenvalue weighted by Gasteiger charge is -2.21. The summed E-state index contributed by atoms with van der Waals surface area (Å²) in [6, 6.07) is 14.9. The fraction of sp³-hybridized carbons (Fsp3) is 0.444. The molecule has 0 unspecified atom stereocenters. The smallest absolute Gasteiger partial charge is 0.252 e. The Morgan fingerprint density at radius 3 is 2.51 bits per heavy atom. The second-order valence-electron chi connectivity index (χ2n) is 9.00. The Kier molecular flexibility index (Phi) is 8.69. The van der Waals surface area contributed by atoms with E-state index < -0.39 is 0 Å². The minimum atomic E-state index is -0.334. The minimum absolute atomic E-state index is 0.203. The van der Waals surface area contributed by atoms with Gasteiger partial charge in [-0.2, -0.15) is 0 Å². The van der Waals surface area contributed by atoms with Gasteiger partial charge in [-0.3, -0.25) is 4.79 Å². The Bertz CT molecular complexity index is 1110. The normalized spacial score (nSPS) is 14.9. The average Bonchev–Trinajstić information content (AvgIpc) is 3.27. The molecular weight excluding hydrogens is 460 g/mol. The Hall–Kier alpha value is -3.00. The molecule has 1 heterocycles. The lowest BCUT2D eigenvalue weighted by atomic mass is 9.91. The Morgan fingerprint density at radius 2 is 1.80 bits per heavy atom. The van der Waals surface area contributed by atoms with Crippen molar-refractivity contribution in [3.8, 4) is 11.5 Å². The van der Waals surface area contributed by atoms with E-state index >= 15 is 0 Å². The van der Waals surface area contributed by atoms with E-state index in [1.807, 2.05) is 29.8 Å². The Labute approximate surface area is 211 Å². The van der Waals surface area contributed by atoms with E-state index in [1.165, 1.54) is 32.1 Å². The van der Waals surface area contributed by atoms with Crippen LogP contribution in [-0.4, -0.2) is 40.6 Å². The maximum absolute atomic E-state index is 13.3. The molecule has 35 heavy (non-hydrogen) atoms. The first-order valence-corrected chi connectivity index (χ1v) is 13.2. The number of nitrogens with one attached hydrogen (secondary N) is 1. The third kappa shape index (κ3) is 6.36. The molecule has 1 saturated carbocycles. The van der Waals surface area contributed by atoms with E-state index in [9.17, 15) is 4.79 Å². The number of benzene rings is 2. The highest BCUT2D eigenvalue weighted by atomic mass is 32.2. The van der Waals surface area contributed by atoms with Gasteiger partial charge in [-0.05, 0) is 48.9 Å². The first-order chi connectivity index (χ1) is 17.1. The number of hydrogen-bond donors (Lipinski definition) is 1. The standard InChI is InChI=1S/C27H34N4O3S/c1-31-25(29-30-27(31)35-18-20-12-8-5-9-13-20)22(16-19-10-6-4-7-11-19)28-26(32)21-14-15-23(33-2)24(17-21)34-3/h4,6-7,10-11,14-15,17,20,22H,5,8-9,12-13,16,18H2,1-3H3,(H,28,32)/t22-/m1/s1. The third-order valence-electron chi connectivity index (χ3n) is 6.59. The molecule has 1 aliphatic rings. The highest BCUT2D eigenvalue weighted by Crippen LogP contribution is 2.31. The molecule has 0 aliphatic heterocycles. The largest absolute Gasteiger partial charge is 0.493 e. The molecule has 1 aliphatic carbocycles. The van der Waals surface area contributed by atoms with Crippen LogP contribution < -0.4 is 14.8 Å². The van der Waals surface area contributed by atoms with Crippen LogP contribution in [0.3, 0.4) is 0 Å². The summed E-state index contributed by atoms with van der Waals surface area (Å²) >= 11 is 1.77. The summed E-state index contributed by atoms with van der Waals surface area (Å²) in [5, 5.41) is 13.1. The number of rotatable bonds is 10. The molecule has 1 aromatic heterocycles. The van der Waals surface area contributed by atoms with Crippen molar-refractivity contribution >= 4 is 17.7 Å². The van der Waals surface area contributed by atoms with Gasteiger partial charge in [0, 0.05) is 18.4 Å². The maximum Gasteiger partial charge on any atom is 0.252 e. The van der Waals surface area contributed by atoms with Gasteiger partial charge in [-0.25, -0.2) is 0 Å². The summed E-state index contributed by atoms with van der Waals surface area (Å²) in [5.41, 5.74) is 1.61. The van der Waals surface area contributed by atoms with Gasteiger partial charge in [0.05, 0.1) is 20.3 Å². The maximum atomic E-state index is 13.3. The SMILES string of the molecule is COc1ccc(C(=O)N[C@H](Cc2ccccc2)c2nnc(SCC3CCCCC3)n2C)cc1OC. The van der Waals surface area contributed by atoms with E-state index in [4.69, 9.17) is 9.47 Å². The quantitative estimate of drug-likeness (QED) is 0.390. The van der Waals surface area contributed by atoms with Gasteiger partial charge in [-0.15, -0.1) is 10.2 Å². The monoisotopic (exact) mass is 494 g/mol. The van der Waals surface area contributed by atoms with Crippen LogP contribution in [0.5, 0.6) is 11.5 Å². The molecule has 186 valence electrons. The number of hydrogen-bond acceptors (Lipinski definition) is 6. The second-order valence-corrected chi connectivity index (χ2v) is 9.99. The highest BCUT2D eigenvalue weighted by Gasteiger charge is 2.24. The van der Waals surface area contributed by atoms with Crippen LogP contribution >= 0.6 is 11.8 Å². The Balaban J connectivity index is 1.54. The van der Waals surface area contributed by atoms with Gasteiger partial charge in [0.25, 0.3) is 5.91 Å². The number of amides is 1. The second kappa shape index (κ2) is 12.1. The molecule has 1 N–H and O–H groups in total. The number of carbonyl (C=O) groups excluding carboxylic acids is 1. The third-order valence-corrected chi connectivity index (χ3v) is 7.84. The zero-order valence-corrected chi connectivity index (χ0v) is 21.5. The van der Waals surface area contributed by atoms with Gasteiger partial charge in [0.1, 0.15) is 0 Å². The number of thioether (sulfide) groups is 1. The fourth-order valence-electron chi connectivity index (χ4n) is 4.58. The van der Waals surface area contributed by atoms with E-state index in [0.717, 1.165) is 28.2 Å².